The van der Waals surface area contributed by atoms with Gasteiger partial charge in [0.2, 0.25) is 21.8 Å². The van der Waals surface area contributed by atoms with Crippen LogP contribution in [0.25, 0.3) is 0 Å². The Kier molecular flexibility index (Phi) is 9.67. The number of nitrogens with zero attached hydrogens (tertiary/aromatic N) is 2. The van der Waals surface area contributed by atoms with Crippen molar-refractivity contribution in [2.75, 3.05) is 23.7 Å². The lowest BCUT2D eigenvalue weighted by atomic mass is 10.1. The fourth-order valence-corrected chi connectivity index (χ4v) is 4.40. The van der Waals surface area contributed by atoms with Crippen molar-refractivity contribution in [1.82, 2.24) is 10.2 Å². The van der Waals surface area contributed by atoms with E-state index in [2.05, 4.69) is 5.32 Å². The molecule has 7 nitrogen and oxygen atoms in total. The van der Waals surface area contributed by atoms with E-state index in [9.17, 15) is 18.0 Å². The first-order valence-electron chi connectivity index (χ1n) is 11.6. The molecule has 2 aromatic carbocycles. The fourth-order valence-electron chi connectivity index (χ4n) is 3.55. The highest BCUT2D eigenvalue weighted by Gasteiger charge is 2.30. The van der Waals surface area contributed by atoms with Crippen LogP contribution in [0.5, 0.6) is 0 Å². The Hall–Kier alpha value is -2.87. The van der Waals surface area contributed by atoms with E-state index in [4.69, 9.17) is 0 Å². The summed E-state index contributed by atoms with van der Waals surface area (Å²) < 4.78 is 26.3. The maximum Gasteiger partial charge on any atom is 0.244 e. The van der Waals surface area contributed by atoms with Gasteiger partial charge < -0.3 is 10.2 Å². The van der Waals surface area contributed by atoms with Gasteiger partial charge in [0.1, 0.15) is 12.6 Å². The van der Waals surface area contributed by atoms with E-state index in [1.807, 2.05) is 64.1 Å². The van der Waals surface area contributed by atoms with E-state index in [-0.39, 0.29) is 18.4 Å². The number of rotatable bonds is 11. The number of aryl methyl sites for hydroxylation is 2. The van der Waals surface area contributed by atoms with E-state index in [0.29, 0.717) is 12.2 Å². The molecule has 186 valence electrons. The molecule has 0 aliphatic rings. The minimum atomic E-state index is -3.73. The van der Waals surface area contributed by atoms with Crippen molar-refractivity contribution < 1.29 is 18.0 Å². The smallest absolute Gasteiger partial charge is 0.244 e. The molecule has 2 amide bonds. The number of anilines is 1. The monoisotopic (exact) mass is 487 g/mol. The van der Waals surface area contributed by atoms with Crippen LogP contribution in [0, 0.1) is 12.8 Å². The number of hydrogen-bond donors (Lipinski definition) is 1. The van der Waals surface area contributed by atoms with Crippen molar-refractivity contribution in [3.63, 3.8) is 0 Å². The Balaban J connectivity index is 2.35. The lowest BCUT2D eigenvalue weighted by molar-refractivity contribution is -0.139. The van der Waals surface area contributed by atoms with Crippen molar-refractivity contribution in [1.29, 1.82) is 0 Å². The average Bonchev–Trinajstić information content (AvgIpc) is 2.78. The number of carbonyl (C=O) groups excluding carboxylic acids is 2. The number of benzene rings is 2. The molecule has 0 saturated heterocycles. The van der Waals surface area contributed by atoms with E-state index in [1.54, 1.807) is 19.1 Å². The standard InChI is InChI=1S/C26H37N3O4S/c1-7-22-11-13-24(14-12-22)29(34(6,32)33)18-25(30)28(17-23-10-8-9-20(4)15-23)21(5)26(31)27-16-19(2)3/h8-15,19,21H,7,16-18H2,1-6H3,(H,27,31)/t21-/m0/s1. The molecule has 0 bridgehead atoms. The molecule has 0 saturated carbocycles. The molecule has 1 N–H and O–H groups in total. The summed E-state index contributed by atoms with van der Waals surface area (Å²) in [5, 5.41) is 2.88. The lowest BCUT2D eigenvalue weighted by Crippen LogP contribution is -2.51. The predicted octanol–water partition coefficient (Wildman–Crippen LogP) is 3.51. The summed E-state index contributed by atoms with van der Waals surface area (Å²) in [6, 6.07) is 14.0. The lowest BCUT2D eigenvalue weighted by Gasteiger charge is -2.31. The van der Waals surface area contributed by atoms with Crippen molar-refractivity contribution in [2.45, 2.75) is 53.6 Å². The van der Waals surface area contributed by atoms with Crippen LogP contribution in [0.15, 0.2) is 48.5 Å². The van der Waals surface area contributed by atoms with Crippen LogP contribution in [-0.2, 0) is 32.6 Å². The minimum Gasteiger partial charge on any atom is -0.354 e. The summed E-state index contributed by atoms with van der Waals surface area (Å²) in [6.07, 6.45) is 1.91. The van der Waals surface area contributed by atoms with Crippen molar-refractivity contribution in [2.24, 2.45) is 5.92 Å². The van der Waals surface area contributed by atoms with Crippen LogP contribution in [-0.4, -0.2) is 50.5 Å². The summed E-state index contributed by atoms with van der Waals surface area (Å²) in [6.45, 7) is 9.94. The van der Waals surface area contributed by atoms with Gasteiger partial charge >= 0.3 is 0 Å². The van der Waals surface area contributed by atoms with Gasteiger partial charge in [0, 0.05) is 13.1 Å². The third kappa shape index (κ3) is 7.87. The SMILES string of the molecule is CCc1ccc(N(CC(=O)N(Cc2cccc(C)c2)[C@@H](C)C(=O)NCC(C)C)S(C)(=O)=O)cc1. The van der Waals surface area contributed by atoms with Gasteiger partial charge in [-0.05, 0) is 49.4 Å². The topological polar surface area (TPSA) is 86.8 Å². The molecule has 34 heavy (non-hydrogen) atoms. The molecule has 2 rings (SSSR count). The van der Waals surface area contributed by atoms with Gasteiger partial charge in [-0.15, -0.1) is 0 Å². The van der Waals surface area contributed by atoms with Gasteiger partial charge in [-0.2, -0.15) is 0 Å². The maximum absolute atomic E-state index is 13.5. The van der Waals surface area contributed by atoms with Crippen LogP contribution >= 0.6 is 0 Å². The van der Waals surface area contributed by atoms with E-state index < -0.39 is 28.5 Å². The molecule has 0 aromatic heterocycles. The van der Waals surface area contributed by atoms with Crippen LogP contribution in [0.3, 0.4) is 0 Å². The highest BCUT2D eigenvalue weighted by Crippen LogP contribution is 2.20. The summed E-state index contributed by atoms with van der Waals surface area (Å²) in [5.41, 5.74) is 3.39. The van der Waals surface area contributed by atoms with Crippen LogP contribution < -0.4 is 9.62 Å². The zero-order valence-electron chi connectivity index (χ0n) is 21.0. The number of hydrogen-bond acceptors (Lipinski definition) is 4. The summed E-state index contributed by atoms with van der Waals surface area (Å²) in [5.74, 6) is -0.449. The third-order valence-electron chi connectivity index (χ3n) is 5.60. The highest BCUT2D eigenvalue weighted by molar-refractivity contribution is 7.92. The molecule has 2 aromatic rings. The van der Waals surface area contributed by atoms with Gasteiger partial charge in [0.15, 0.2) is 0 Å². The van der Waals surface area contributed by atoms with Crippen molar-refractivity contribution in [3.05, 3.63) is 65.2 Å². The Morgan fingerprint density at radius 1 is 1.00 bits per heavy atom. The van der Waals surface area contributed by atoms with E-state index in [1.165, 1.54) is 4.90 Å². The van der Waals surface area contributed by atoms with Crippen LogP contribution in [0.2, 0.25) is 0 Å². The second kappa shape index (κ2) is 12.0. The summed E-state index contributed by atoms with van der Waals surface area (Å²) in [7, 11) is -3.73. The van der Waals surface area contributed by atoms with Gasteiger partial charge in [-0.3, -0.25) is 13.9 Å². The molecule has 0 aliphatic heterocycles. The average molecular weight is 488 g/mol. The molecule has 0 aliphatic carbocycles. The van der Waals surface area contributed by atoms with Crippen molar-refractivity contribution >= 4 is 27.5 Å². The molecular formula is C26H37N3O4S. The molecule has 0 spiro atoms. The van der Waals surface area contributed by atoms with Gasteiger partial charge in [-0.1, -0.05) is 62.7 Å². The Morgan fingerprint density at radius 3 is 2.18 bits per heavy atom. The van der Waals surface area contributed by atoms with Crippen LogP contribution in [0.4, 0.5) is 5.69 Å². The molecule has 8 heteroatoms. The molecule has 0 heterocycles. The number of amides is 2. The molecule has 0 unspecified atom stereocenters. The Morgan fingerprint density at radius 2 is 1.65 bits per heavy atom. The Labute approximate surface area is 204 Å². The predicted molar refractivity (Wildman–Crippen MR) is 137 cm³/mol. The summed E-state index contributed by atoms with van der Waals surface area (Å²) in [4.78, 5) is 27.8. The van der Waals surface area contributed by atoms with Gasteiger partial charge in [0.25, 0.3) is 0 Å². The largest absolute Gasteiger partial charge is 0.354 e. The number of nitrogens with one attached hydrogen (secondary N) is 1. The first-order valence-corrected chi connectivity index (χ1v) is 13.5. The Bertz CT molecular complexity index is 1080. The van der Waals surface area contributed by atoms with Gasteiger partial charge in [0.05, 0.1) is 11.9 Å². The first-order chi connectivity index (χ1) is 15.9. The number of sulfonamides is 1. The normalized spacial score (nSPS) is 12.3. The number of carbonyl (C=O) groups is 2. The zero-order valence-corrected chi connectivity index (χ0v) is 21.9. The first kappa shape index (κ1) is 27.4. The fraction of sp³-hybridized carbons (Fsp3) is 0.462. The van der Waals surface area contributed by atoms with Crippen LogP contribution in [0.1, 0.15) is 44.4 Å². The second-order valence-electron chi connectivity index (χ2n) is 9.12. The molecule has 0 fully saturated rings. The summed E-state index contributed by atoms with van der Waals surface area (Å²) >= 11 is 0. The molecule has 0 radical (unpaired) electrons. The highest BCUT2D eigenvalue weighted by atomic mass is 32.2. The second-order valence-corrected chi connectivity index (χ2v) is 11.0. The minimum absolute atomic E-state index is 0.198. The van der Waals surface area contributed by atoms with E-state index in [0.717, 1.165) is 33.7 Å². The third-order valence-corrected chi connectivity index (χ3v) is 6.74. The molecule has 1 atom stereocenters. The van der Waals surface area contributed by atoms with E-state index >= 15 is 0 Å². The van der Waals surface area contributed by atoms with Gasteiger partial charge in [-0.25, -0.2) is 8.42 Å². The van der Waals surface area contributed by atoms with Crippen molar-refractivity contribution in [3.8, 4) is 0 Å². The zero-order chi connectivity index (χ0) is 25.5. The molecular weight excluding hydrogens is 450 g/mol. The quantitative estimate of drug-likeness (QED) is 0.525. The maximum atomic E-state index is 13.5.